The highest BCUT2D eigenvalue weighted by Crippen LogP contribution is 2.40. The van der Waals surface area contributed by atoms with Crippen molar-refractivity contribution in [3.63, 3.8) is 0 Å². The zero-order chi connectivity index (χ0) is 49.6. The number of aromatic nitrogens is 2. The molecule has 0 unspecified atom stereocenters. The van der Waals surface area contributed by atoms with E-state index in [0.29, 0.717) is 5.92 Å². The molecule has 0 spiro atoms. The first-order valence-electron chi connectivity index (χ1n) is 26.5. The maximum atomic E-state index is 9.85. The summed E-state index contributed by atoms with van der Waals surface area (Å²) in [5.41, 5.74) is 7.18. The molecule has 0 N–H and O–H groups in total. The molecule has 1 saturated carbocycles. The van der Waals surface area contributed by atoms with Crippen LogP contribution in [0.1, 0.15) is 55.9 Å². The van der Waals surface area contributed by atoms with Gasteiger partial charge in [-0.3, -0.25) is 0 Å². The van der Waals surface area contributed by atoms with Crippen LogP contribution in [0.5, 0.6) is 0 Å². The summed E-state index contributed by atoms with van der Waals surface area (Å²) in [6, 6.07) is 54.2. The van der Waals surface area contributed by atoms with Crippen LogP contribution < -0.4 is 20.7 Å². The fourth-order valence-corrected chi connectivity index (χ4v) is 14.9. The van der Waals surface area contributed by atoms with E-state index >= 15 is 0 Å². The monoisotopic (exact) mass is 833 g/mol. The number of hydrogen-bond donors (Lipinski definition) is 0. The van der Waals surface area contributed by atoms with Crippen molar-refractivity contribution < 1.29 is 12.3 Å². The molecule has 1 fully saturated rings. The van der Waals surface area contributed by atoms with Crippen LogP contribution in [0.15, 0.2) is 224 Å². The van der Waals surface area contributed by atoms with E-state index in [0.717, 1.165) is 48.7 Å². The molecule has 0 bridgehead atoms. The number of nitrogens with zero attached hydrogens (tertiary/aromatic N) is 2. The summed E-state index contributed by atoms with van der Waals surface area (Å²) in [5, 5.41) is 7.40. The summed E-state index contributed by atoms with van der Waals surface area (Å²) in [7, 11) is -3.77. The minimum absolute atomic E-state index is 0.207. The molecule has 11 aromatic rings. The van der Waals surface area contributed by atoms with Gasteiger partial charge in [0.05, 0.1) is 34.4 Å². The fraction of sp³-hybridized carbons (Fsp3) is 0.100. The Morgan fingerprint density at radius 1 is 0.381 bits per heavy atom. The van der Waals surface area contributed by atoms with Crippen LogP contribution in [0, 0.1) is 0 Å². The third kappa shape index (κ3) is 6.21. The van der Waals surface area contributed by atoms with Crippen molar-refractivity contribution in [1.82, 2.24) is 9.13 Å². The van der Waals surface area contributed by atoms with Gasteiger partial charge in [0, 0.05) is 32.9 Å². The number of rotatable bonds is 8. The molecule has 0 atom stereocenters. The Hall–Kier alpha value is -7.20. The van der Waals surface area contributed by atoms with Gasteiger partial charge in [-0.1, -0.05) is 195 Å². The van der Waals surface area contributed by atoms with Gasteiger partial charge in [-0.2, -0.15) is 0 Å². The maximum Gasteiger partial charge on any atom is 0.179 e. The Balaban J connectivity index is 1.05. The van der Waals surface area contributed by atoms with Crippen molar-refractivity contribution in [1.29, 1.82) is 0 Å². The smallest absolute Gasteiger partial charge is 0.179 e. The minimum atomic E-state index is -3.77. The van der Waals surface area contributed by atoms with Gasteiger partial charge in [0.1, 0.15) is 0 Å². The molecule has 2 heterocycles. The van der Waals surface area contributed by atoms with Crippen molar-refractivity contribution in [2.45, 2.75) is 38.0 Å². The Morgan fingerprint density at radius 3 is 1.57 bits per heavy atom. The summed E-state index contributed by atoms with van der Waals surface area (Å²) in [6.45, 7) is 0. The largest absolute Gasteiger partial charge is 0.309 e. The quantitative estimate of drug-likeness (QED) is 0.107. The first-order chi connectivity index (χ1) is 35.0. The van der Waals surface area contributed by atoms with Crippen LogP contribution in [0.25, 0.3) is 66.1 Å². The lowest BCUT2D eigenvalue weighted by Crippen LogP contribution is -2.74. The molecule has 302 valence electrons. The summed E-state index contributed by atoms with van der Waals surface area (Å²) < 4.78 is 85.9. The highest BCUT2D eigenvalue weighted by Gasteiger charge is 2.41. The van der Waals surface area contributed by atoms with E-state index in [1.54, 1.807) is 0 Å². The predicted molar refractivity (Wildman–Crippen MR) is 270 cm³/mol. The molecule has 1 aliphatic carbocycles. The fourth-order valence-electron chi connectivity index (χ4n) is 10.5. The first kappa shape index (κ1) is 29.2. The highest BCUT2D eigenvalue weighted by molar-refractivity contribution is 7.19. The molecule has 0 saturated heterocycles. The van der Waals surface area contributed by atoms with E-state index < -0.39 is 50.4 Å². The third-order valence-electron chi connectivity index (χ3n) is 13.4. The van der Waals surface area contributed by atoms with Gasteiger partial charge in [-0.15, -0.1) is 0 Å². The Labute approximate surface area is 383 Å². The molecule has 2 aromatic heterocycles. The van der Waals surface area contributed by atoms with Crippen LogP contribution in [0.2, 0.25) is 0 Å². The van der Waals surface area contributed by atoms with Gasteiger partial charge in [-0.05, 0) is 105 Å². The van der Waals surface area contributed by atoms with Crippen LogP contribution in [-0.4, -0.2) is 17.2 Å². The van der Waals surface area contributed by atoms with E-state index in [2.05, 4.69) is 118 Å². The molecule has 12 rings (SSSR count). The second-order valence-corrected chi connectivity index (χ2v) is 20.5. The average molecular weight is 834 g/mol. The normalized spacial score (nSPS) is 15.7. The molecule has 0 aliphatic heterocycles. The average Bonchev–Trinajstić information content (AvgIpc) is 3.94. The molecular formula is C60H48N2Si. The number of hydrogen-bond acceptors (Lipinski definition) is 0. The summed E-state index contributed by atoms with van der Waals surface area (Å²) >= 11 is 0. The van der Waals surface area contributed by atoms with Crippen molar-refractivity contribution >= 4 is 72.4 Å². The first-order valence-corrected chi connectivity index (χ1v) is 24.0. The maximum absolute atomic E-state index is 9.85. The second-order valence-electron chi connectivity index (χ2n) is 16.8. The predicted octanol–water partition coefficient (Wildman–Crippen LogP) is 13.0. The van der Waals surface area contributed by atoms with E-state index in [9.17, 15) is 5.48 Å². The molecule has 1 aliphatic rings. The highest BCUT2D eigenvalue weighted by atomic mass is 28.3. The summed E-state index contributed by atoms with van der Waals surface area (Å²) in [6.07, 6.45) is 6.34. The Morgan fingerprint density at radius 2 is 0.905 bits per heavy atom. The molecule has 63 heavy (non-hydrogen) atoms. The third-order valence-corrected chi connectivity index (χ3v) is 18.0. The van der Waals surface area contributed by atoms with Crippen LogP contribution in [0.4, 0.5) is 0 Å². The zero-order valence-corrected chi connectivity index (χ0v) is 35.7. The lowest BCUT2D eigenvalue weighted by molar-refractivity contribution is 0.444. The summed E-state index contributed by atoms with van der Waals surface area (Å²) in [5.74, 6) is 0.578. The standard InChI is InChI=1S/C60H48N2Si/c1-5-17-43(18-6-1)45-29-35-51(36-30-45)63(49-21-9-3-10-22-49,50-23-11-4-12-24-50)52-37-32-47(33-38-52)61-58-28-16-14-26-54(58)56-42-48(34-40-59(56)61)62-57-27-15-13-25-53(57)55-39-31-46(41-60(55)62)44-19-7-2-8-20-44/h1,3-6,9-18,21-42,44H,2,7-8,19-20H2/i1D,5D,6D,17D,18D,29D,30D,35D,36D. The molecule has 2 nitrogen and oxygen atoms in total. The van der Waals surface area contributed by atoms with E-state index in [-0.39, 0.29) is 28.4 Å². The van der Waals surface area contributed by atoms with Gasteiger partial charge in [-0.25, -0.2) is 0 Å². The van der Waals surface area contributed by atoms with Gasteiger partial charge >= 0.3 is 0 Å². The SMILES string of the molecule is [2H]c1c([2H])c([2H])c(-c2c([2H])c([2H])c([Si](c3ccccc3)(c3ccccc3)c3ccc(-n4c5ccccc5c5cc(-n6c7ccccc7c7ccc(C8CCCCC8)cc76)ccc54)cc3)c([2H])c2[2H])c([2H])c1[2H]. The van der Waals surface area contributed by atoms with Crippen molar-refractivity contribution in [2.24, 2.45) is 0 Å². The van der Waals surface area contributed by atoms with Gasteiger partial charge < -0.3 is 9.13 Å². The Kier molecular flexibility index (Phi) is 7.23. The Bertz CT molecular complexity index is 3860. The molecular weight excluding hydrogens is 777 g/mol. The minimum Gasteiger partial charge on any atom is -0.309 e. The van der Waals surface area contributed by atoms with Crippen LogP contribution >= 0.6 is 0 Å². The lowest BCUT2D eigenvalue weighted by atomic mass is 9.84. The van der Waals surface area contributed by atoms with Crippen LogP contribution in [-0.2, 0) is 0 Å². The van der Waals surface area contributed by atoms with Gasteiger partial charge in [0.15, 0.2) is 8.07 Å². The van der Waals surface area contributed by atoms with Gasteiger partial charge in [0.25, 0.3) is 0 Å². The van der Waals surface area contributed by atoms with Crippen LogP contribution in [0.3, 0.4) is 0 Å². The van der Waals surface area contributed by atoms with Crippen molar-refractivity contribution in [2.75, 3.05) is 0 Å². The molecule has 3 heteroatoms. The number of benzene rings is 9. The second kappa shape index (κ2) is 15.6. The van der Waals surface area contributed by atoms with E-state index in [1.165, 1.54) is 59.5 Å². The van der Waals surface area contributed by atoms with E-state index in [4.69, 9.17) is 6.85 Å². The van der Waals surface area contributed by atoms with Crippen molar-refractivity contribution in [3.8, 4) is 22.5 Å². The lowest BCUT2D eigenvalue weighted by Gasteiger charge is -2.34. The number of para-hydroxylation sites is 2. The topological polar surface area (TPSA) is 9.86 Å². The van der Waals surface area contributed by atoms with Gasteiger partial charge in [0.2, 0.25) is 0 Å². The van der Waals surface area contributed by atoms with E-state index in [1.807, 2.05) is 60.7 Å². The number of fused-ring (bicyclic) bond motifs is 6. The molecule has 0 radical (unpaired) electrons. The molecule has 0 amide bonds. The molecule has 9 aromatic carbocycles. The zero-order valence-electron chi connectivity index (χ0n) is 43.7. The summed E-state index contributed by atoms with van der Waals surface area (Å²) in [4.78, 5) is 0. The van der Waals surface area contributed by atoms with Crippen molar-refractivity contribution in [3.05, 3.63) is 230 Å².